The Bertz CT molecular complexity index is 2570. The standard InChI is InChI=1S/C48H53BN4O2/c1-45(2,3)30-21-22-50-42(27-30)53-39-16-14-13-15-34(39)35-19-17-33(29-40(35)53)54-32-18-20-41-36(28-32)44-51-23-24-52(44)49(55-41)43-37(47(7,8)9)25-31(46(4,5)6)26-38(43)48(10,11)12/h13-29H,1-12H3. The molecule has 280 valence electrons. The van der Waals surface area contributed by atoms with Gasteiger partial charge >= 0.3 is 7.05 Å². The highest BCUT2D eigenvalue weighted by Gasteiger charge is 2.41. The van der Waals surface area contributed by atoms with Gasteiger partial charge in [0.15, 0.2) is 0 Å². The molecule has 0 bridgehead atoms. The van der Waals surface area contributed by atoms with Gasteiger partial charge < -0.3 is 13.9 Å². The molecule has 55 heavy (non-hydrogen) atoms. The van der Waals surface area contributed by atoms with Crippen LogP contribution in [0, 0.1) is 0 Å². The van der Waals surface area contributed by atoms with E-state index in [4.69, 9.17) is 19.4 Å². The van der Waals surface area contributed by atoms with E-state index in [1.807, 2.05) is 36.8 Å². The summed E-state index contributed by atoms with van der Waals surface area (Å²) in [5.41, 5.74) is 9.20. The first-order valence-corrected chi connectivity index (χ1v) is 19.5. The molecule has 4 heterocycles. The number of hydrogen-bond acceptors (Lipinski definition) is 4. The maximum absolute atomic E-state index is 7.05. The van der Waals surface area contributed by atoms with Crippen molar-refractivity contribution in [3.05, 3.63) is 126 Å². The van der Waals surface area contributed by atoms with Gasteiger partial charge in [-0.15, -0.1) is 0 Å². The second-order valence-electron chi connectivity index (χ2n) is 19.3. The normalized spacial score (nSPS) is 13.6. The van der Waals surface area contributed by atoms with Crippen LogP contribution in [0.2, 0.25) is 0 Å². The lowest BCUT2D eigenvalue weighted by atomic mass is 9.59. The van der Waals surface area contributed by atoms with Crippen molar-refractivity contribution in [2.24, 2.45) is 0 Å². The molecule has 0 spiro atoms. The highest BCUT2D eigenvalue weighted by molar-refractivity contribution is 6.68. The first-order valence-electron chi connectivity index (χ1n) is 19.5. The Kier molecular flexibility index (Phi) is 8.42. The number of fused-ring (bicyclic) bond motifs is 6. The Morgan fingerprint density at radius 2 is 1.22 bits per heavy atom. The molecular formula is C48H53BN4O2. The van der Waals surface area contributed by atoms with Crippen molar-refractivity contribution in [1.29, 1.82) is 0 Å². The number of imidazole rings is 1. The van der Waals surface area contributed by atoms with Gasteiger partial charge in [0, 0.05) is 35.4 Å². The van der Waals surface area contributed by atoms with Gasteiger partial charge in [-0.3, -0.25) is 4.57 Å². The minimum atomic E-state index is -0.371. The lowest BCUT2D eigenvalue weighted by molar-refractivity contribution is 0.480. The maximum Gasteiger partial charge on any atom is 0.525 e. The average Bonchev–Trinajstić information content (AvgIpc) is 3.73. The molecule has 0 radical (unpaired) electrons. The monoisotopic (exact) mass is 728 g/mol. The molecular weight excluding hydrogens is 675 g/mol. The molecule has 1 aliphatic heterocycles. The number of hydrogen-bond donors (Lipinski definition) is 0. The van der Waals surface area contributed by atoms with Crippen LogP contribution in [0.3, 0.4) is 0 Å². The van der Waals surface area contributed by atoms with Gasteiger partial charge in [-0.05, 0) is 97.9 Å². The van der Waals surface area contributed by atoms with Crippen LogP contribution in [-0.4, -0.2) is 26.1 Å². The summed E-state index contributed by atoms with van der Waals surface area (Å²) in [5, 5.41) is 2.33. The largest absolute Gasteiger partial charge is 0.537 e. The van der Waals surface area contributed by atoms with Gasteiger partial charge in [0.1, 0.15) is 28.9 Å². The summed E-state index contributed by atoms with van der Waals surface area (Å²) in [7, 11) is -0.371. The van der Waals surface area contributed by atoms with Gasteiger partial charge in [0.25, 0.3) is 0 Å². The van der Waals surface area contributed by atoms with Crippen LogP contribution in [0.4, 0.5) is 0 Å². The quantitative estimate of drug-likeness (QED) is 0.169. The molecule has 3 aromatic heterocycles. The molecule has 0 N–H and O–H groups in total. The lowest BCUT2D eigenvalue weighted by Crippen LogP contribution is -2.52. The summed E-state index contributed by atoms with van der Waals surface area (Å²) in [5.74, 6) is 3.99. The second kappa shape index (κ2) is 12.6. The second-order valence-corrected chi connectivity index (χ2v) is 19.3. The van der Waals surface area contributed by atoms with Gasteiger partial charge in [0.05, 0.1) is 16.6 Å². The molecule has 0 saturated carbocycles. The van der Waals surface area contributed by atoms with Crippen molar-refractivity contribution >= 4 is 34.3 Å². The average molecular weight is 729 g/mol. The Morgan fingerprint density at radius 1 is 0.582 bits per heavy atom. The van der Waals surface area contributed by atoms with E-state index in [2.05, 4.69) is 159 Å². The fourth-order valence-corrected chi connectivity index (χ4v) is 7.93. The molecule has 4 aromatic carbocycles. The zero-order valence-corrected chi connectivity index (χ0v) is 34.5. The van der Waals surface area contributed by atoms with Gasteiger partial charge in [0.2, 0.25) is 0 Å². The highest BCUT2D eigenvalue weighted by atomic mass is 16.5. The van der Waals surface area contributed by atoms with E-state index in [0.717, 1.165) is 45.1 Å². The summed E-state index contributed by atoms with van der Waals surface area (Å²) in [6.07, 6.45) is 5.83. The predicted molar refractivity (Wildman–Crippen MR) is 229 cm³/mol. The first-order chi connectivity index (χ1) is 25.8. The van der Waals surface area contributed by atoms with Crippen LogP contribution in [-0.2, 0) is 21.7 Å². The van der Waals surface area contributed by atoms with Crippen LogP contribution >= 0.6 is 0 Å². The number of aromatic nitrogens is 4. The van der Waals surface area contributed by atoms with E-state index in [1.54, 1.807) is 0 Å². The minimum Gasteiger partial charge on any atom is -0.537 e. The Labute approximate surface area is 326 Å². The molecule has 0 fully saturated rings. The summed E-state index contributed by atoms with van der Waals surface area (Å²) in [6.45, 7) is 27.4. The third kappa shape index (κ3) is 6.51. The van der Waals surface area contributed by atoms with E-state index in [1.165, 1.54) is 33.1 Å². The van der Waals surface area contributed by atoms with Crippen molar-refractivity contribution in [2.75, 3.05) is 0 Å². The van der Waals surface area contributed by atoms with E-state index in [-0.39, 0.29) is 28.7 Å². The Morgan fingerprint density at radius 3 is 1.89 bits per heavy atom. The summed E-state index contributed by atoms with van der Waals surface area (Å²) >= 11 is 0. The minimum absolute atomic E-state index is 0.00371. The third-order valence-electron chi connectivity index (χ3n) is 11.0. The summed E-state index contributed by atoms with van der Waals surface area (Å²) in [6, 6.07) is 30.0. The molecule has 0 amide bonds. The van der Waals surface area contributed by atoms with Crippen molar-refractivity contribution in [2.45, 2.75) is 105 Å². The zero-order valence-electron chi connectivity index (χ0n) is 34.5. The zero-order chi connectivity index (χ0) is 39.2. The molecule has 7 heteroatoms. The van der Waals surface area contributed by atoms with Crippen molar-refractivity contribution in [3.8, 4) is 34.5 Å². The van der Waals surface area contributed by atoms with Crippen LogP contribution in [0.1, 0.15) is 105 Å². The number of ether oxygens (including phenoxy) is 1. The van der Waals surface area contributed by atoms with E-state index < -0.39 is 0 Å². The molecule has 0 saturated heterocycles. The van der Waals surface area contributed by atoms with Gasteiger partial charge in [-0.25, -0.2) is 9.97 Å². The van der Waals surface area contributed by atoms with Crippen LogP contribution in [0.25, 0.3) is 39.0 Å². The molecule has 1 aliphatic rings. The molecule has 0 atom stereocenters. The highest BCUT2D eigenvalue weighted by Crippen LogP contribution is 2.41. The number of para-hydroxylation sites is 1. The van der Waals surface area contributed by atoms with Crippen molar-refractivity contribution in [1.82, 2.24) is 19.0 Å². The number of nitrogens with zero attached hydrogens (tertiary/aromatic N) is 4. The molecule has 7 aromatic rings. The van der Waals surface area contributed by atoms with Crippen LogP contribution in [0.15, 0.2) is 104 Å². The molecule has 8 rings (SSSR count). The molecule has 6 nitrogen and oxygen atoms in total. The number of rotatable bonds is 4. The lowest BCUT2D eigenvalue weighted by Gasteiger charge is -2.36. The molecule has 0 aliphatic carbocycles. The first kappa shape index (κ1) is 36.7. The van der Waals surface area contributed by atoms with Crippen LogP contribution in [0.5, 0.6) is 17.2 Å². The summed E-state index contributed by atoms with van der Waals surface area (Å²) in [4.78, 5) is 9.77. The smallest absolute Gasteiger partial charge is 0.525 e. The fourth-order valence-electron chi connectivity index (χ4n) is 7.93. The number of benzene rings is 4. The van der Waals surface area contributed by atoms with Crippen molar-refractivity contribution in [3.63, 3.8) is 0 Å². The summed E-state index contributed by atoms with van der Waals surface area (Å²) < 4.78 is 18.2. The topological polar surface area (TPSA) is 54.1 Å². The number of pyridine rings is 1. The van der Waals surface area contributed by atoms with E-state index in [0.29, 0.717) is 5.75 Å². The predicted octanol–water partition coefficient (Wildman–Crippen LogP) is 11.7. The van der Waals surface area contributed by atoms with Gasteiger partial charge in [-0.1, -0.05) is 113 Å². The maximum atomic E-state index is 7.05. The van der Waals surface area contributed by atoms with Gasteiger partial charge in [-0.2, -0.15) is 0 Å². The van der Waals surface area contributed by atoms with Crippen molar-refractivity contribution < 1.29 is 9.39 Å². The van der Waals surface area contributed by atoms with E-state index >= 15 is 0 Å². The Balaban J connectivity index is 1.20. The molecule has 0 unspecified atom stereocenters. The Hall–Kier alpha value is -5.30. The fraction of sp³-hybridized carbons (Fsp3) is 0.333. The SMILES string of the molecule is CC(C)(C)c1ccnc(-n2c3ccccc3c3ccc(Oc4ccc5c(c4)-c4nccn4B(c4c(C(C)(C)C)cc(C(C)(C)C)cc4C(C)(C)C)O5)cc32)c1. The third-order valence-corrected chi connectivity index (χ3v) is 11.0. The van der Waals surface area contributed by atoms with Crippen LogP contribution < -0.4 is 14.9 Å². The van der Waals surface area contributed by atoms with E-state index in [9.17, 15) is 0 Å².